The highest BCUT2D eigenvalue weighted by Crippen LogP contribution is 2.26. The average molecular weight is 487 g/mol. The standard InChI is InChI=1S/C19H21BrClN3O5/c1-2-29-19(28)24-5-3-4-17(26)16(24)6-11(25)9-23-10-22-15-8-13(20)14(21)7-12(15)18(23)27/h7-8,10,16-17,26H,2-6,9H2,1H3. The highest BCUT2D eigenvalue weighted by molar-refractivity contribution is 9.10. The van der Waals surface area contributed by atoms with Crippen molar-refractivity contribution in [3.05, 3.63) is 38.3 Å². The fourth-order valence-electron chi connectivity index (χ4n) is 3.47. The average Bonchev–Trinajstić information content (AvgIpc) is 2.67. The Morgan fingerprint density at radius 3 is 2.90 bits per heavy atom. The lowest BCUT2D eigenvalue weighted by molar-refractivity contribution is -0.122. The number of halogens is 2. The molecule has 1 fully saturated rings. The summed E-state index contributed by atoms with van der Waals surface area (Å²) in [4.78, 5) is 43.1. The number of ether oxygens (including phenoxy) is 1. The molecule has 29 heavy (non-hydrogen) atoms. The van der Waals surface area contributed by atoms with Gasteiger partial charge in [-0.3, -0.25) is 14.2 Å². The van der Waals surface area contributed by atoms with Crippen LogP contribution in [-0.4, -0.2) is 56.7 Å². The summed E-state index contributed by atoms with van der Waals surface area (Å²) in [6, 6.07) is 2.47. The number of rotatable bonds is 5. The largest absolute Gasteiger partial charge is 0.450 e. The minimum atomic E-state index is -0.820. The highest BCUT2D eigenvalue weighted by Gasteiger charge is 2.35. The quantitative estimate of drug-likeness (QED) is 0.697. The highest BCUT2D eigenvalue weighted by atomic mass is 79.9. The third-order valence-corrected chi connectivity index (χ3v) is 6.09. The number of likely N-dealkylation sites (tertiary alicyclic amines) is 1. The van der Waals surface area contributed by atoms with E-state index < -0.39 is 18.2 Å². The summed E-state index contributed by atoms with van der Waals surface area (Å²) < 4.78 is 6.86. The normalized spacial score (nSPS) is 19.4. The predicted octanol–water partition coefficient (Wildman–Crippen LogP) is 2.75. The molecule has 1 saturated heterocycles. The van der Waals surface area contributed by atoms with E-state index in [0.29, 0.717) is 39.8 Å². The fourth-order valence-corrected chi connectivity index (χ4v) is 3.96. The lowest BCUT2D eigenvalue weighted by atomic mass is 9.95. The van der Waals surface area contributed by atoms with Crippen LogP contribution in [0, 0.1) is 0 Å². The van der Waals surface area contributed by atoms with E-state index in [1.807, 2.05) is 0 Å². The molecule has 0 radical (unpaired) electrons. The molecule has 1 N–H and O–H groups in total. The Morgan fingerprint density at radius 2 is 2.17 bits per heavy atom. The van der Waals surface area contributed by atoms with Crippen molar-refractivity contribution in [1.29, 1.82) is 0 Å². The summed E-state index contributed by atoms with van der Waals surface area (Å²) in [5.41, 5.74) is 0.0790. The second kappa shape index (κ2) is 9.23. The van der Waals surface area contributed by atoms with Crippen molar-refractivity contribution < 1.29 is 19.4 Å². The first-order valence-corrected chi connectivity index (χ1v) is 10.5. The van der Waals surface area contributed by atoms with Crippen LogP contribution in [0.15, 0.2) is 27.7 Å². The first-order chi connectivity index (χ1) is 13.8. The Labute approximate surface area is 180 Å². The molecular weight excluding hydrogens is 466 g/mol. The zero-order valence-corrected chi connectivity index (χ0v) is 18.1. The number of ketones is 1. The number of hydrogen-bond donors (Lipinski definition) is 1. The Hall–Kier alpha value is -1.97. The second-order valence-electron chi connectivity index (χ2n) is 6.87. The summed E-state index contributed by atoms with van der Waals surface area (Å²) >= 11 is 9.35. The number of amides is 1. The van der Waals surface area contributed by atoms with Crippen molar-refractivity contribution in [2.45, 2.75) is 44.9 Å². The van der Waals surface area contributed by atoms with E-state index in [1.165, 1.54) is 21.9 Å². The van der Waals surface area contributed by atoms with E-state index >= 15 is 0 Å². The van der Waals surface area contributed by atoms with Crippen LogP contribution in [0.2, 0.25) is 5.02 Å². The van der Waals surface area contributed by atoms with Crippen LogP contribution >= 0.6 is 27.5 Å². The lowest BCUT2D eigenvalue weighted by Gasteiger charge is -2.37. The first kappa shape index (κ1) is 21.7. The van der Waals surface area contributed by atoms with Gasteiger partial charge in [-0.2, -0.15) is 0 Å². The van der Waals surface area contributed by atoms with Gasteiger partial charge in [0.1, 0.15) is 0 Å². The van der Waals surface area contributed by atoms with Crippen molar-refractivity contribution in [2.24, 2.45) is 0 Å². The molecule has 0 spiro atoms. The fraction of sp³-hybridized carbons (Fsp3) is 0.474. The van der Waals surface area contributed by atoms with E-state index in [9.17, 15) is 19.5 Å². The third-order valence-electron chi connectivity index (χ3n) is 4.90. The molecule has 2 aromatic rings. The monoisotopic (exact) mass is 485 g/mol. The number of fused-ring (bicyclic) bond motifs is 1. The molecule has 1 aliphatic rings. The van der Waals surface area contributed by atoms with Gasteiger partial charge in [0.05, 0.1) is 47.6 Å². The molecule has 0 saturated carbocycles. The van der Waals surface area contributed by atoms with E-state index in [-0.39, 0.29) is 30.9 Å². The maximum absolute atomic E-state index is 12.7. The van der Waals surface area contributed by atoms with Crippen molar-refractivity contribution in [3.8, 4) is 0 Å². The predicted molar refractivity (Wildman–Crippen MR) is 111 cm³/mol. The molecule has 0 bridgehead atoms. The number of aliphatic hydroxyl groups excluding tert-OH is 1. The smallest absolute Gasteiger partial charge is 0.410 e. The van der Waals surface area contributed by atoms with Gasteiger partial charge in [0, 0.05) is 17.4 Å². The molecule has 1 aliphatic heterocycles. The van der Waals surface area contributed by atoms with Crippen molar-refractivity contribution >= 4 is 50.3 Å². The number of carbonyl (C=O) groups is 2. The summed E-state index contributed by atoms with van der Waals surface area (Å²) in [5.74, 6) is -0.295. The Kier molecular flexibility index (Phi) is 6.92. The molecule has 8 nitrogen and oxygen atoms in total. The molecule has 2 unspecified atom stereocenters. The van der Waals surface area contributed by atoms with Gasteiger partial charge in [-0.05, 0) is 47.8 Å². The molecule has 1 amide bonds. The minimum Gasteiger partial charge on any atom is -0.450 e. The van der Waals surface area contributed by atoms with Gasteiger partial charge in [-0.25, -0.2) is 9.78 Å². The maximum atomic E-state index is 12.7. The summed E-state index contributed by atoms with van der Waals surface area (Å²) in [7, 11) is 0. The molecular formula is C19H21BrClN3O5. The van der Waals surface area contributed by atoms with Crippen LogP contribution in [0.4, 0.5) is 4.79 Å². The van der Waals surface area contributed by atoms with Gasteiger partial charge in [-0.1, -0.05) is 11.6 Å². The van der Waals surface area contributed by atoms with Crippen LogP contribution in [-0.2, 0) is 16.1 Å². The summed E-state index contributed by atoms with van der Waals surface area (Å²) in [6.45, 7) is 2.11. The van der Waals surface area contributed by atoms with E-state index in [4.69, 9.17) is 16.3 Å². The van der Waals surface area contributed by atoms with Gasteiger partial charge < -0.3 is 14.7 Å². The van der Waals surface area contributed by atoms with Crippen molar-refractivity contribution in [2.75, 3.05) is 13.2 Å². The third kappa shape index (κ3) is 4.79. The van der Waals surface area contributed by atoms with Gasteiger partial charge >= 0.3 is 6.09 Å². The number of Topliss-reactive ketones (excluding diaryl/α,β-unsaturated/α-hetero) is 1. The molecule has 156 valence electrons. The summed E-state index contributed by atoms with van der Waals surface area (Å²) in [6.07, 6.45) is 0.997. The molecule has 2 atom stereocenters. The van der Waals surface area contributed by atoms with Crippen LogP contribution in [0.25, 0.3) is 10.9 Å². The molecule has 1 aromatic carbocycles. The molecule has 1 aromatic heterocycles. The number of aromatic nitrogens is 2. The SMILES string of the molecule is CCOC(=O)N1CCCC(O)C1CC(=O)Cn1cnc2cc(Br)c(Cl)cc2c1=O. The van der Waals surface area contributed by atoms with Crippen LogP contribution in [0.3, 0.4) is 0 Å². The Balaban J connectivity index is 1.79. The second-order valence-corrected chi connectivity index (χ2v) is 8.13. The molecule has 2 heterocycles. The van der Waals surface area contributed by atoms with E-state index in [1.54, 1.807) is 13.0 Å². The topological polar surface area (TPSA) is 102 Å². The van der Waals surface area contributed by atoms with Gasteiger partial charge in [0.2, 0.25) is 0 Å². The number of piperidine rings is 1. The minimum absolute atomic E-state index is 0.0778. The zero-order valence-electron chi connectivity index (χ0n) is 15.8. The molecule has 10 heteroatoms. The van der Waals surface area contributed by atoms with Crippen LogP contribution in [0.5, 0.6) is 0 Å². The van der Waals surface area contributed by atoms with E-state index in [2.05, 4.69) is 20.9 Å². The van der Waals surface area contributed by atoms with Gasteiger partial charge in [-0.15, -0.1) is 0 Å². The number of nitrogens with zero attached hydrogens (tertiary/aromatic N) is 3. The van der Waals surface area contributed by atoms with Crippen LogP contribution in [0.1, 0.15) is 26.2 Å². The van der Waals surface area contributed by atoms with Crippen molar-refractivity contribution in [3.63, 3.8) is 0 Å². The van der Waals surface area contributed by atoms with Gasteiger partial charge in [0.25, 0.3) is 5.56 Å². The lowest BCUT2D eigenvalue weighted by Crippen LogP contribution is -2.52. The first-order valence-electron chi connectivity index (χ1n) is 9.29. The molecule has 3 rings (SSSR count). The van der Waals surface area contributed by atoms with E-state index in [0.717, 1.165) is 0 Å². The maximum Gasteiger partial charge on any atom is 0.410 e. The molecule has 0 aliphatic carbocycles. The number of carbonyl (C=O) groups excluding carboxylic acids is 2. The number of hydrogen-bond acceptors (Lipinski definition) is 6. The Bertz CT molecular complexity index is 996. The van der Waals surface area contributed by atoms with Crippen molar-refractivity contribution in [1.82, 2.24) is 14.5 Å². The Morgan fingerprint density at radius 1 is 1.41 bits per heavy atom. The number of aliphatic hydroxyl groups is 1. The number of benzene rings is 1. The van der Waals surface area contributed by atoms with Gasteiger partial charge in [0.15, 0.2) is 5.78 Å². The van der Waals surface area contributed by atoms with Crippen LogP contribution < -0.4 is 5.56 Å². The zero-order chi connectivity index (χ0) is 21.1. The summed E-state index contributed by atoms with van der Waals surface area (Å²) in [5, 5.41) is 11.0.